The molecule has 1 aliphatic heterocycles. The van der Waals surface area contributed by atoms with E-state index in [2.05, 4.69) is 5.32 Å². The first-order valence-electron chi connectivity index (χ1n) is 2.23. The lowest BCUT2D eigenvalue weighted by molar-refractivity contribution is 0.542. The van der Waals surface area contributed by atoms with Gasteiger partial charge in [0.25, 0.3) is 0 Å². The van der Waals surface area contributed by atoms with Gasteiger partial charge in [0.2, 0.25) is 0 Å². The van der Waals surface area contributed by atoms with E-state index in [1.165, 1.54) is 11.8 Å². The third-order valence-electron chi connectivity index (χ3n) is 0.992. The van der Waals surface area contributed by atoms with E-state index in [-0.39, 0.29) is 0 Å². The summed E-state index contributed by atoms with van der Waals surface area (Å²) in [5, 5.41) is 3.63. The zero-order valence-corrected chi connectivity index (χ0v) is 4.70. The number of hydrogen-bond acceptors (Lipinski definition) is 3. The predicted molar refractivity (Wildman–Crippen MR) is 31.0 cm³/mol. The standard InChI is InChI=1S/C4H7NOS/c6-3-7-4-1-5-2-4/h3-5H,1-2H2. The van der Waals surface area contributed by atoms with Crippen LogP contribution in [0, 0.1) is 0 Å². The van der Waals surface area contributed by atoms with Crippen molar-refractivity contribution >= 4 is 17.4 Å². The number of carbonyl (C=O) groups excluding carboxylic acids is 1. The summed E-state index contributed by atoms with van der Waals surface area (Å²) >= 11 is 1.38. The maximum atomic E-state index is 9.74. The van der Waals surface area contributed by atoms with Crippen LogP contribution < -0.4 is 5.32 Å². The summed E-state index contributed by atoms with van der Waals surface area (Å²) in [5.74, 6) is 0. The second-order valence-electron chi connectivity index (χ2n) is 1.51. The first-order valence-corrected chi connectivity index (χ1v) is 3.17. The number of nitrogens with one attached hydrogen (secondary N) is 1. The SMILES string of the molecule is O=CSC1CNC1. The molecule has 0 unspecified atom stereocenters. The molecule has 0 saturated carbocycles. The van der Waals surface area contributed by atoms with Crippen LogP contribution in [0.5, 0.6) is 0 Å². The third kappa shape index (κ3) is 1.17. The van der Waals surface area contributed by atoms with E-state index in [1.807, 2.05) is 0 Å². The Morgan fingerprint density at radius 1 is 1.71 bits per heavy atom. The van der Waals surface area contributed by atoms with Crippen LogP contribution in [0.1, 0.15) is 0 Å². The Kier molecular flexibility index (Phi) is 1.70. The summed E-state index contributed by atoms with van der Waals surface area (Å²) in [6.45, 7) is 2.01. The Morgan fingerprint density at radius 3 is 2.57 bits per heavy atom. The van der Waals surface area contributed by atoms with Gasteiger partial charge in [0, 0.05) is 18.3 Å². The van der Waals surface area contributed by atoms with Crippen molar-refractivity contribution in [3.63, 3.8) is 0 Å². The molecule has 0 aromatic rings. The first kappa shape index (κ1) is 5.12. The Balaban J connectivity index is 2.03. The van der Waals surface area contributed by atoms with E-state index in [0.717, 1.165) is 18.7 Å². The molecule has 0 spiro atoms. The molecule has 1 saturated heterocycles. The van der Waals surface area contributed by atoms with Crippen molar-refractivity contribution in [2.45, 2.75) is 5.25 Å². The molecule has 0 aliphatic carbocycles. The van der Waals surface area contributed by atoms with Gasteiger partial charge in [-0.2, -0.15) is 0 Å². The van der Waals surface area contributed by atoms with Crippen LogP contribution in [0.3, 0.4) is 0 Å². The van der Waals surface area contributed by atoms with E-state index >= 15 is 0 Å². The van der Waals surface area contributed by atoms with Gasteiger partial charge in [-0.15, -0.1) is 0 Å². The smallest absolute Gasteiger partial charge is 0.176 e. The molecule has 2 nitrogen and oxygen atoms in total. The average Bonchev–Trinajstić information content (AvgIpc) is 1.55. The van der Waals surface area contributed by atoms with Crippen molar-refractivity contribution in [3.8, 4) is 0 Å². The highest BCUT2D eigenvalue weighted by molar-refractivity contribution is 8.12. The summed E-state index contributed by atoms with van der Waals surface area (Å²) in [7, 11) is 0. The molecule has 0 amide bonds. The minimum atomic E-state index is 0.567. The van der Waals surface area contributed by atoms with Crippen LogP contribution in [-0.2, 0) is 4.79 Å². The van der Waals surface area contributed by atoms with Crippen molar-refractivity contribution in [2.24, 2.45) is 0 Å². The average molecular weight is 117 g/mol. The normalized spacial score (nSPS) is 21.1. The molecular weight excluding hydrogens is 110 g/mol. The molecule has 0 radical (unpaired) electrons. The summed E-state index contributed by atoms with van der Waals surface area (Å²) in [4.78, 5) is 9.74. The summed E-state index contributed by atoms with van der Waals surface area (Å²) < 4.78 is 0. The van der Waals surface area contributed by atoms with Gasteiger partial charge in [0.1, 0.15) is 0 Å². The van der Waals surface area contributed by atoms with E-state index in [1.54, 1.807) is 0 Å². The van der Waals surface area contributed by atoms with Gasteiger partial charge in [0.05, 0.1) is 0 Å². The summed E-state index contributed by atoms with van der Waals surface area (Å²) in [6.07, 6.45) is 0. The molecule has 0 aromatic heterocycles. The maximum absolute atomic E-state index is 9.74. The highest BCUT2D eigenvalue weighted by Crippen LogP contribution is 2.09. The second kappa shape index (κ2) is 2.33. The lowest BCUT2D eigenvalue weighted by Crippen LogP contribution is -2.44. The van der Waals surface area contributed by atoms with E-state index in [4.69, 9.17) is 0 Å². The molecular formula is C4H7NOS. The Bertz CT molecular complexity index is 72.1. The highest BCUT2D eigenvalue weighted by Gasteiger charge is 2.15. The number of hydrogen-bond donors (Lipinski definition) is 1. The molecule has 1 heterocycles. The van der Waals surface area contributed by atoms with Crippen LogP contribution in [-0.4, -0.2) is 24.0 Å². The Labute approximate surface area is 46.7 Å². The monoisotopic (exact) mass is 117 g/mol. The minimum Gasteiger partial charge on any atom is -0.314 e. The molecule has 1 fully saturated rings. The Morgan fingerprint density at radius 2 is 2.43 bits per heavy atom. The van der Waals surface area contributed by atoms with Crippen molar-refractivity contribution < 1.29 is 4.79 Å². The van der Waals surface area contributed by atoms with Gasteiger partial charge in [-0.05, 0) is 0 Å². The molecule has 3 heteroatoms. The van der Waals surface area contributed by atoms with Crippen molar-refractivity contribution in [1.29, 1.82) is 0 Å². The fraction of sp³-hybridized carbons (Fsp3) is 0.750. The molecule has 0 aromatic carbocycles. The van der Waals surface area contributed by atoms with Crippen LogP contribution in [0.15, 0.2) is 0 Å². The predicted octanol–water partition coefficient (Wildman–Crippen LogP) is -0.118. The van der Waals surface area contributed by atoms with Gasteiger partial charge >= 0.3 is 0 Å². The van der Waals surface area contributed by atoms with Crippen molar-refractivity contribution in [3.05, 3.63) is 0 Å². The van der Waals surface area contributed by atoms with Crippen LogP contribution in [0.25, 0.3) is 0 Å². The summed E-state index contributed by atoms with van der Waals surface area (Å²) in [6, 6.07) is 0. The van der Waals surface area contributed by atoms with E-state index in [0.29, 0.717) is 5.25 Å². The second-order valence-corrected chi connectivity index (χ2v) is 2.64. The lowest BCUT2D eigenvalue weighted by Gasteiger charge is -2.23. The minimum absolute atomic E-state index is 0.567. The fourth-order valence-corrected chi connectivity index (χ4v) is 1.02. The van der Waals surface area contributed by atoms with Gasteiger partial charge in [0.15, 0.2) is 5.62 Å². The zero-order chi connectivity index (χ0) is 5.11. The third-order valence-corrected chi connectivity index (χ3v) is 1.82. The van der Waals surface area contributed by atoms with Gasteiger partial charge < -0.3 is 5.32 Å². The van der Waals surface area contributed by atoms with E-state index in [9.17, 15) is 4.79 Å². The quantitative estimate of drug-likeness (QED) is 0.511. The van der Waals surface area contributed by atoms with Crippen molar-refractivity contribution in [1.82, 2.24) is 5.32 Å². The molecule has 0 bridgehead atoms. The molecule has 1 N–H and O–H groups in total. The first-order chi connectivity index (χ1) is 3.43. The molecule has 40 valence electrons. The van der Waals surface area contributed by atoms with Gasteiger partial charge in [-0.25, -0.2) is 0 Å². The Hall–Kier alpha value is -0.0200. The highest BCUT2D eigenvalue weighted by atomic mass is 32.2. The molecule has 1 rings (SSSR count). The molecule has 0 atom stereocenters. The number of thioether (sulfide) groups is 1. The summed E-state index contributed by atoms with van der Waals surface area (Å²) in [5.41, 5.74) is 0.908. The topological polar surface area (TPSA) is 29.1 Å². The van der Waals surface area contributed by atoms with E-state index < -0.39 is 0 Å². The number of rotatable bonds is 2. The van der Waals surface area contributed by atoms with Crippen LogP contribution >= 0.6 is 11.8 Å². The zero-order valence-electron chi connectivity index (χ0n) is 3.89. The largest absolute Gasteiger partial charge is 0.314 e. The van der Waals surface area contributed by atoms with Crippen LogP contribution in [0.2, 0.25) is 0 Å². The van der Waals surface area contributed by atoms with Gasteiger partial charge in [-0.3, -0.25) is 4.79 Å². The lowest BCUT2D eigenvalue weighted by atomic mass is 10.3. The molecule has 7 heavy (non-hydrogen) atoms. The van der Waals surface area contributed by atoms with Gasteiger partial charge in [-0.1, -0.05) is 11.8 Å². The molecule has 1 aliphatic rings. The van der Waals surface area contributed by atoms with Crippen molar-refractivity contribution in [2.75, 3.05) is 13.1 Å². The number of carbonyl (C=O) groups is 1. The van der Waals surface area contributed by atoms with Crippen LogP contribution in [0.4, 0.5) is 0 Å². The maximum Gasteiger partial charge on any atom is 0.176 e. The fourth-order valence-electron chi connectivity index (χ4n) is 0.437.